The van der Waals surface area contributed by atoms with E-state index in [1.165, 1.54) is 25.3 Å². The fraction of sp³-hybridized carbons (Fsp3) is 0.208. The number of esters is 1. The Morgan fingerprint density at radius 2 is 1.97 bits per heavy atom. The molecule has 0 saturated carbocycles. The number of rotatable bonds is 9. The van der Waals surface area contributed by atoms with Crippen molar-refractivity contribution in [1.82, 2.24) is 5.32 Å². The van der Waals surface area contributed by atoms with Crippen molar-refractivity contribution in [2.24, 2.45) is 0 Å². The maximum atomic E-state index is 12.2. The van der Waals surface area contributed by atoms with E-state index in [1.54, 1.807) is 36.4 Å². The number of hydrogen-bond acceptors (Lipinski definition) is 5. The summed E-state index contributed by atoms with van der Waals surface area (Å²) in [5.74, 6) is -0.541. The van der Waals surface area contributed by atoms with Gasteiger partial charge in [0.25, 0.3) is 5.91 Å². The minimum absolute atomic E-state index is 0.0226. The smallest absolute Gasteiger partial charge is 0.336 e. The molecule has 0 unspecified atom stereocenters. The maximum Gasteiger partial charge on any atom is 0.336 e. The summed E-state index contributed by atoms with van der Waals surface area (Å²) in [6.07, 6.45) is 6.06. The molecule has 0 fully saturated rings. The average molecular weight is 439 g/mol. The van der Waals surface area contributed by atoms with E-state index in [1.807, 2.05) is 19.1 Å². The molecule has 0 heterocycles. The zero-order valence-electron chi connectivity index (χ0n) is 17.4. The van der Waals surface area contributed by atoms with Gasteiger partial charge in [-0.25, -0.2) is 4.79 Å². The quantitative estimate of drug-likeness (QED) is 0.200. The van der Waals surface area contributed by atoms with E-state index in [0.29, 0.717) is 22.7 Å². The third kappa shape index (κ3) is 7.32. The van der Waals surface area contributed by atoms with Gasteiger partial charge in [0.1, 0.15) is 11.6 Å². The van der Waals surface area contributed by atoms with Crippen LogP contribution in [0.2, 0.25) is 5.02 Å². The highest BCUT2D eigenvalue weighted by molar-refractivity contribution is 6.32. The number of ether oxygens (including phenoxy) is 2. The van der Waals surface area contributed by atoms with E-state index in [9.17, 15) is 14.9 Å². The van der Waals surface area contributed by atoms with Gasteiger partial charge in [-0.05, 0) is 47.9 Å². The van der Waals surface area contributed by atoms with Crippen molar-refractivity contribution in [3.05, 3.63) is 70.3 Å². The highest BCUT2D eigenvalue weighted by atomic mass is 35.5. The number of benzene rings is 2. The second kappa shape index (κ2) is 12.2. The van der Waals surface area contributed by atoms with Gasteiger partial charge in [-0.3, -0.25) is 4.79 Å². The Kier molecular flexibility index (Phi) is 9.34. The molecule has 0 aromatic heterocycles. The van der Waals surface area contributed by atoms with Gasteiger partial charge in [0, 0.05) is 17.6 Å². The lowest BCUT2D eigenvalue weighted by molar-refractivity contribution is -0.129. The maximum absolute atomic E-state index is 12.2. The highest BCUT2D eigenvalue weighted by Crippen LogP contribution is 2.29. The van der Waals surface area contributed by atoms with Crippen LogP contribution in [-0.4, -0.2) is 25.5 Å². The van der Waals surface area contributed by atoms with Crippen molar-refractivity contribution in [1.29, 1.82) is 5.26 Å². The summed E-state index contributed by atoms with van der Waals surface area (Å²) in [6.45, 7) is 2.52. The lowest BCUT2D eigenvalue weighted by atomic mass is 10.1. The van der Waals surface area contributed by atoms with E-state index < -0.39 is 11.9 Å². The predicted molar refractivity (Wildman–Crippen MR) is 121 cm³/mol. The number of methoxy groups -OCH3 is 1. The molecule has 0 spiro atoms. The fourth-order valence-corrected chi connectivity index (χ4v) is 2.76. The Morgan fingerprint density at radius 1 is 1.19 bits per heavy atom. The molecule has 2 rings (SSSR count). The van der Waals surface area contributed by atoms with E-state index in [0.717, 1.165) is 12.8 Å². The van der Waals surface area contributed by atoms with Crippen LogP contribution in [0.5, 0.6) is 11.5 Å². The van der Waals surface area contributed by atoms with Crippen molar-refractivity contribution >= 4 is 35.6 Å². The first-order chi connectivity index (χ1) is 15.0. The molecule has 0 radical (unpaired) electrons. The third-order valence-corrected chi connectivity index (χ3v) is 4.54. The minimum Gasteiger partial charge on any atom is -0.493 e. The van der Waals surface area contributed by atoms with Crippen LogP contribution in [0.3, 0.4) is 0 Å². The molecule has 7 heteroatoms. The van der Waals surface area contributed by atoms with Crippen molar-refractivity contribution in [2.45, 2.75) is 19.8 Å². The van der Waals surface area contributed by atoms with Crippen LogP contribution in [0.1, 0.15) is 30.9 Å². The number of hydrogen-bond donors (Lipinski definition) is 1. The molecule has 31 heavy (non-hydrogen) atoms. The summed E-state index contributed by atoms with van der Waals surface area (Å²) >= 11 is 6.06. The minimum atomic E-state index is -0.602. The molecule has 0 saturated heterocycles. The van der Waals surface area contributed by atoms with Crippen LogP contribution in [0.15, 0.2) is 54.1 Å². The first-order valence-corrected chi connectivity index (χ1v) is 10.1. The van der Waals surface area contributed by atoms with Crippen LogP contribution >= 0.6 is 11.6 Å². The summed E-state index contributed by atoms with van der Waals surface area (Å²) in [5.41, 5.74) is 1.23. The average Bonchev–Trinajstić information content (AvgIpc) is 2.77. The number of carbonyl (C=O) groups is 2. The van der Waals surface area contributed by atoms with Crippen LogP contribution in [0.25, 0.3) is 12.2 Å². The Morgan fingerprint density at radius 3 is 2.65 bits per heavy atom. The number of amides is 1. The number of carbonyl (C=O) groups excluding carboxylic acids is 2. The van der Waals surface area contributed by atoms with Gasteiger partial charge < -0.3 is 14.8 Å². The number of unbranched alkanes of at least 4 members (excludes halogenated alkanes) is 1. The lowest BCUT2D eigenvalue weighted by Gasteiger charge is -2.09. The van der Waals surface area contributed by atoms with Gasteiger partial charge in [0.2, 0.25) is 0 Å². The monoisotopic (exact) mass is 438 g/mol. The Bertz CT molecular complexity index is 1040. The summed E-state index contributed by atoms with van der Waals surface area (Å²) in [6, 6.07) is 13.8. The molecule has 2 aromatic rings. The van der Waals surface area contributed by atoms with Crippen molar-refractivity contribution in [3.63, 3.8) is 0 Å². The van der Waals surface area contributed by atoms with Gasteiger partial charge in [0.15, 0.2) is 11.5 Å². The van der Waals surface area contributed by atoms with Gasteiger partial charge >= 0.3 is 5.97 Å². The molecule has 1 N–H and O–H groups in total. The molecule has 0 atom stereocenters. The van der Waals surface area contributed by atoms with E-state index >= 15 is 0 Å². The first kappa shape index (κ1) is 23.7. The molecule has 0 bridgehead atoms. The van der Waals surface area contributed by atoms with Gasteiger partial charge in [-0.15, -0.1) is 0 Å². The van der Waals surface area contributed by atoms with Crippen molar-refractivity contribution in [2.75, 3.05) is 13.7 Å². The number of nitrogens with zero attached hydrogens (tertiary/aromatic N) is 1. The lowest BCUT2D eigenvalue weighted by Crippen LogP contribution is -2.25. The molecule has 0 aliphatic rings. The molecular weight excluding hydrogens is 416 g/mol. The van der Waals surface area contributed by atoms with Crippen molar-refractivity contribution in [3.8, 4) is 17.6 Å². The third-order valence-electron chi connectivity index (χ3n) is 4.19. The van der Waals surface area contributed by atoms with Crippen LogP contribution < -0.4 is 14.8 Å². The summed E-state index contributed by atoms with van der Waals surface area (Å²) in [7, 11) is 1.43. The van der Waals surface area contributed by atoms with Crippen molar-refractivity contribution < 1.29 is 19.1 Å². The van der Waals surface area contributed by atoms with Gasteiger partial charge in [0.05, 0.1) is 7.11 Å². The molecule has 6 nitrogen and oxygen atoms in total. The van der Waals surface area contributed by atoms with E-state index in [2.05, 4.69) is 5.32 Å². The highest BCUT2D eigenvalue weighted by Gasteiger charge is 2.12. The first-order valence-electron chi connectivity index (χ1n) is 9.71. The van der Waals surface area contributed by atoms with Crippen LogP contribution in [0.4, 0.5) is 0 Å². The zero-order chi connectivity index (χ0) is 22.6. The summed E-state index contributed by atoms with van der Waals surface area (Å²) in [5, 5.41) is 12.5. The van der Waals surface area contributed by atoms with Gasteiger partial charge in [-0.2, -0.15) is 5.26 Å². The normalized spacial score (nSPS) is 11.1. The molecule has 2 aromatic carbocycles. The second-order valence-electron chi connectivity index (χ2n) is 6.47. The second-order valence-corrected chi connectivity index (χ2v) is 6.87. The predicted octanol–water partition coefficient (Wildman–Crippen LogP) is 4.79. The zero-order valence-corrected chi connectivity index (χ0v) is 18.1. The van der Waals surface area contributed by atoms with E-state index in [-0.39, 0.29) is 17.1 Å². The Balaban J connectivity index is 2.13. The van der Waals surface area contributed by atoms with E-state index in [4.69, 9.17) is 21.1 Å². The molecule has 1 amide bonds. The SMILES string of the molecule is CCCCNC(=O)/C(C#N)=C/c1ccc(OC(=O)/C=C/c2ccccc2Cl)c(OC)c1. The van der Waals surface area contributed by atoms with Gasteiger partial charge in [-0.1, -0.05) is 49.2 Å². The number of nitrogens with one attached hydrogen (secondary N) is 1. The largest absolute Gasteiger partial charge is 0.493 e. The topological polar surface area (TPSA) is 88.4 Å². The summed E-state index contributed by atoms with van der Waals surface area (Å²) in [4.78, 5) is 24.3. The Labute approximate surface area is 186 Å². The molecule has 0 aliphatic heterocycles. The molecule has 0 aliphatic carbocycles. The summed E-state index contributed by atoms with van der Waals surface area (Å²) < 4.78 is 10.6. The molecular formula is C24H23ClN2O4. The Hall–Kier alpha value is -3.56. The number of nitriles is 1. The van der Waals surface area contributed by atoms with Crippen LogP contribution in [0, 0.1) is 11.3 Å². The standard InChI is InChI=1S/C24H23ClN2O4/c1-3-4-13-27-24(29)19(16-26)14-17-9-11-21(22(15-17)30-2)31-23(28)12-10-18-7-5-6-8-20(18)25/h5-12,14-15H,3-4,13H2,1-2H3,(H,27,29)/b12-10+,19-14+. The number of halogens is 1. The van der Waals surface area contributed by atoms with Crippen LogP contribution in [-0.2, 0) is 9.59 Å². The molecule has 160 valence electrons. The fourth-order valence-electron chi connectivity index (χ4n) is 2.56.